The van der Waals surface area contributed by atoms with Crippen LogP contribution in [-0.4, -0.2) is 18.4 Å². The summed E-state index contributed by atoms with van der Waals surface area (Å²) in [5.41, 5.74) is 6.13. The second kappa shape index (κ2) is 6.99. The highest BCUT2D eigenvalue weighted by Gasteiger charge is 2.43. The van der Waals surface area contributed by atoms with Gasteiger partial charge in [0.25, 0.3) is 0 Å². The molecule has 1 aliphatic carbocycles. The van der Waals surface area contributed by atoms with Gasteiger partial charge in [-0.2, -0.15) is 0 Å². The molecular formula is C23H29NO3. The summed E-state index contributed by atoms with van der Waals surface area (Å²) in [5.74, 6) is -0.602. The van der Waals surface area contributed by atoms with Crippen molar-refractivity contribution < 1.29 is 14.3 Å². The Morgan fingerprint density at radius 1 is 1.22 bits per heavy atom. The average molecular weight is 367 g/mol. The Hall–Kier alpha value is -2.36. The minimum absolute atomic E-state index is 0.0865. The monoisotopic (exact) mass is 367 g/mol. The molecule has 1 N–H and O–H groups in total. The predicted molar refractivity (Wildman–Crippen MR) is 106 cm³/mol. The fourth-order valence-corrected chi connectivity index (χ4v) is 4.30. The molecule has 0 radical (unpaired) electrons. The van der Waals surface area contributed by atoms with Gasteiger partial charge in [0.2, 0.25) is 0 Å². The second-order valence-corrected chi connectivity index (χ2v) is 8.51. The summed E-state index contributed by atoms with van der Waals surface area (Å²) in [6.07, 6.45) is 1.28. The first-order valence-corrected chi connectivity index (χ1v) is 9.63. The molecular weight excluding hydrogens is 338 g/mol. The molecule has 0 spiro atoms. The normalized spacial score (nSPS) is 21.7. The Bertz CT molecular complexity index is 874. The van der Waals surface area contributed by atoms with Gasteiger partial charge >= 0.3 is 5.97 Å². The van der Waals surface area contributed by atoms with Crippen molar-refractivity contribution in [1.29, 1.82) is 0 Å². The highest BCUT2D eigenvalue weighted by Crippen LogP contribution is 2.47. The van der Waals surface area contributed by atoms with Crippen molar-refractivity contribution in [2.24, 2.45) is 5.41 Å². The van der Waals surface area contributed by atoms with Gasteiger partial charge in [-0.25, -0.2) is 4.79 Å². The summed E-state index contributed by atoms with van der Waals surface area (Å²) in [6, 6.07) is 6.21. The van der Waals surface area contributed by atoms with Crippen LogP contribution in [0.5, 0.6) is 0 Å². The zero-order valence-electron chi connectivity index (χ0n) is 17.2. The van der Waals surface area contributed by atoms with Crippen molar-refractivity contribution >= 4 is 11.8 Å². The number of nitrogens with one attached hydrogen (secondary N) is 1. The average Bonchev–Trinajstić information content (AvgIpc) is 2.54. The highest BCUT2D eigenvalue weighted by atomic mass is 16.5. The van der Waals surface area contributed by atoms with E-state index in [9.17, 15) is 9.59 Å². The molecule has 0 saturated heterocycles. The summed E-state index contributed by atoms with van der Waals surface area (Å²) in [6.45, 7) is 12.3. The van der Waals surface area contributed by atoms with Crippen LogP contribution in [0.15, 0.2) is 40.7 Å². The van der Waals surface area contributed by atoms with E-state index in [0.717, 1.165) is 40.1 Å². The largest absolute Gasteiger partial charge is 0.463 e. The van der Waals surface area contributed by atoms with Crippen LogP contribution in [0.3, 0.4) is 0 Å². The highest BCUT2D eigenvalue weighted by molar-refractivity contribution is 6.04. The van der Waals surface area contributed by atoms with E-state index in [-0.39, 0.29) is 23.1 Å². The van der Waals surface area contributed by atoms with Gasteiger partial charge in [-0.05, 0) is 50.7 Å². The van der Waals surface area contributed by atoms with Crippen LogP contribution in [0.2, 0.25) is 0 Å². The molecule has 3 rings (SSSR count). The number of carbonyl (C=O) groups is 2. The molecule has 4 heteroatoms. The fourth-order valence-electron chi connectivity index (χ4n) is 4.30. The number of esters is 1. The van der Waals surface area contributed by atoms with Crippen LogP contribution >= 0.6 is 0 Å². The Morgan fingerprint density at radius 3 is 2.59 bits per heavy atom. The van der Waals surface area contributed by atoms with Gasteiger partial charge in [0.05, 0.1) is 12.2 Å². The predicted octanol–water partition coefficient (Wildman–Crippen LogP) is 4.47. The van der Waals surface area contributed by atoms with E-state index >= 15 is 0 Å². The van der Waals surface area contributed by atoms with E-state index in [0.29, 0.717) is 18.6 Å². The van der Waals surface area contributed by atoms with E-state index in [1.807, 2.05) is 20.8 Å². The Balaban J connectivity index is 2.24. The van der Waals surface area contributed by atoms with Gasteiger partial charge in [0.1, 0.15) is 0 Å². The molecule has 4 nitrogen and oxygen atoms in total. The van der Waals surface area contributed by atoms with Crippen molar-refractivity contribution in [3.05, 3.63) is 57.4 Å². The smallest absolute Gasteiger partial charge is 0.336 e. The van der Waals surface area contributed by atoms with E-state index in [2.05, 4.69) is 37.4 Å². The summed E-state index contributed by atoms with van der Waals surface area (Å²) in [5, 5.41) is 3.37. The molecule has 144 valence electrons. The first-order valence-electron chi connectivity index (χ1n) is 9.63. The van der Waals surface area contributed by atoms with Gasteiger partial charge in [-0.15, -0.1) is 0 Å². The van der Waals surface area contributed by atoms with Crippen LogP contribution < -0.4 is 5.32 Å². The quantitative estimate of drug-likeness (QED) is 0.801. The first-order chi connectivity index (χ1) is 12.6. The molecule has 0 amide bonds. The number of carbonyl (C=O) groups excluding carboxylic acids is 2. The topological polar surface area (TPSA) is 55.4 Å². The van der Waals surface area contributed by atoms with Gasteiger partial charge in [-0.3, -0.25) is 4.79 Å². The maximum absolute atomic E-state index is 13.2. The lowest BCUT2D eigenvalue weighted by Gasteiger charge is -2.39. The molecule has 1 aliphatic heterocycles. The zero-order valence-corrected chi connectivity index (χ0v) is 17.2. The van der Waals surface area contributed by atoms with Gasteiger partial charge in [0.15, 0.2) is 5.78 Å². The van der Waals surface area contributed by atoms with Crippen molar-refractivity contribution in [2.75, 3.05) is 6.61 Å². The number of ether oxygens (including phenoxy) is 1. The van der Waals surface area contributed by atoms with E-state index in [1.54, 1.807) is 6.92 Å². The van der Waals surface area contributed by atoms with Gasteiger partial charge < -0.3 is 10.1 Å². The molecule has 1 heterocycles. The lowest BCUT2D eigenvalue weighted by Crippen LogP contribution is -2.38. The van der Waals surface area contributed by atoms with Crippen molar-refractivity contribution in [1.82, 2.24) is 5.32 Å². The maximum atomic E-state index is 13.2. The number of hydrogen-bond acceptors (Lipinski definition) is 4. The number of allylic oxidation sites excluding steroid dienone is 3. The summed E-state index contributed by atoms with van der Waals surface area (Å²) < 4.78 is 5.36. The van der Waals surface area contributed by atoms with Crippen LogP contribution in [0.4, 0.5) is 0 Å². The van der Waals surface area contributed by atoms with Crippen molar-refractivity contribution in [3.63, 3.8) is 0 Å². The summed E-state index contributed by atoms with van der Waals surface area (Å²) in [7, 11) is 0. The third-order valence-electron chi connectivity index (χ3n) is 5.48. The number of rotatable bonds is 3. The lowest BCUT2D eigenvalue weighted by molar-refractivity contribution is -0.138. The zero-order chi connectivity index (χ0) is 19.9. The SMILES string of the molecule is CCOC(=O)C1=C(C)NC2=C(C(=O)CC(C)(C)C2)[C@H]1c1cc(C)ccc1C. The van der Waals surface area contributed by atoms with Crippen molar-refractivity contribution in [3.8, 4) is 0 Å². The minimum Gasteiger partial charge on any atom is -0.463 e. The number of hydrogen-bond donors (Lipinski definition) is 1. The van der Waals surface area contributed by atoms with Gasteiger partial charge in [0, 0.05) is 29.3 Å². The molecule has 0 aromatic heterocycles. The first kappa shape index (κ1) is 19.4. The molecule has 0 unspecified atom stereocenters. The van der Waals surface area contributed by atoms with E-state index in [1.165, 1.54) is 0 Å². The molecule has 0 fully saturated rings. The molecule has 1 aromatic rings. The Kier molecular flexibility index (Phi) is 5.02. The fraction of sp³-hybridized carbons (Fsp3) is 0.478. The minimum atomic E-state index is -0.371. The van der Waals surface area contributed by atoms with E-state index < -0.39 is 0 Å². The third-order valence-corrected chi connectivity index (χ3v) is 5.48. The second-order valence-electron chi connectivity index (χ2n) is 8.51. The lowest BCUT2D eigenvalue weighted by atomic mass is 9.68. The van der Waals surface area contributed by atoms with E-state index in [4.69, 9.17) is 4.74 Å². The number of dihydropyridines is 1. The van der Waals surface area contributed by atoms with Crippen molar-refractivity contribution in [2.45, 2.75) is 60.3 Å². The molecule has 2 aliphatic rings. The molecule has 27 heavy (non-hydrogen) atoms. The number of benzene rings is 1. The summed E-state index contributed by atoms with van der Waals surface area (Å²) in [4.78, 5) is 26.0. The van der Waals surface area contributed by atoms with Gasteiger partial charge in [-0.1, -0.05) is 37.6 Å². The van der Waals surface area contributed by atoms with Crippen LogP contribution in [0.1, 0.15) is 63.1 Å². The number of ketones is 1. The Labute approximate surface area is 161 Å². The van der Waals surface area contributed by atoms with Crippen LogP contribution in [0, 0.1) is 19.3 Å². The molecule has 1 aromatic carbocycles. The standard InChI is InChI=1S/C23H29NO3/c1-7-27-22(26)19-15(4)24-17-11-23(5,6)12-18(25)21(17)20(19)16-10-13(2)8-9-14(16)3/h8-10,20,24H,7,11-12H2,1-6H3/t20-/m0/s1. The number of aryl methyl sites for hydroxylation is 2. The molecule has 0 saturated carbocycles. The van der Waals surface area contributed by atoms with Crippen LogP contribution in [-0.2, 0) is 14.3 Å². The Morgan fingerprint density at radius 2 is 1.93 bits per heavy atom. The molecule has 0 bridgehead atoms. The molecule has 1 atom stereocenters. The number of Topliss-reactive ketones (excluding diaryl/α,β-unsaturated/α-hetero) is 1. The summed E-state index contributed by atoms with van der Waals surface area (Å²) >= 11 is 0. The maximum Gasteiger partial charge on any atom is 0.336 e. The third kappa shape index (κ3) is 3.58. The van der Waals surface area contributed by atoms with Crippen LogP contribution in [0.25, 0.3) is 0 Å².